The van der Waals surface area contributed by atoms with Gasteiger partial charge >= 0.3 is 11.9 Å². The molecule has 2 aromatic rings. The van der Waals surface area contributed by atoms with Gasteiger partial charge in [-0.2, -0.15) is 0 Å². The third kappa shape index (κ3) is 6.75. The van der Waals surface area contributed by atoms with Crippen molar-refractivity contribution in [1.29, 1.82) is 0 Å². The Morgan fingerprint density at radius 3 is 2.33 bits per heavy atom. The number of fused-ring (bicyclic) bond motifs is 1. The van der Waals surface area contributed by atoms with Crippen molar-refractivity contribution < 1.29 is 23.8 Å². The maximum Gasteiger partial charge on any atom is 0.313 e. The van der Waals surface area contributed by atoms with Crippen molar-refractivity contribution in [3.05, 3.63) is 42.0 Å². The molecule has 0 saturated heterocycles. The maximum absolute atomic E-state index is 12.6. The van der Waals surface area contributed by atoms with Crippen molar-refractivity contribution >= 4 is 22.7 Å². The summed E-state index contributed by atoms with van der Waals surface area (Å²) in [7, 11) is 1.64. The molecule has 0 fully saturated rings. The van der Waals surface area contributed by atoms with Crippen molar-refractivity contribution in [3.8, 4) is 5.75 Å². The Kier molecular flexibility index (Phi) is 9.65. The predicted octanol–water partition coefficient (Wildman–Crippen LogP) is 5.64. The van der Waals surface area contributed by atoms with Gasteiger partial charge in [0.15, 0.2) is 0 Å². The summed E-state index contributed by atoms with van der Waals surface area (Å²) in [6.07, 6.45) is 4.95. The number of rotatable bonds is 12. The zero-order chi connectivity index (χ0) is 21.9. The lowest BCUT2D eigenvalue weighted by Crippen LogP contribution is -2.26. The standard InChI is InChI=1S/C25H34O5/c1-5-7-8-9-10-22(25(27)29-6-2)17-30-24(26)18(3)19-11-12-21-16-23(28-4)14-13-20(21)15-19/h11-16,18,22H,5-10,17H2,1-4H3/t18-,22?/m0/s1. The van der Waals surface area contributed by atoms with E-state index in [2.05, 4.69) is 6.92 Å². The van der Waals surface area contributed by atoms with Gasteiger partial charge in [0, 0.05) is 0 Å². The molecule has 0 saturated carbocycles. The number of carbonyl (C=O) groups excluding carboxylic acids is 2. The first-order chi connectivity index (χ1) is 14.5. The molecular formula is C25H34O5. The molecule has 0 N–H and O–H groups in total. The second-order valence-corrected chi connectivity index (χ2v) is 7.62. The molecule has 0 aliphatic carbocycles. The molecule has 0 amide bonds. The van der Waals surface area contributed by atoms with Crippen LogP contribution in [0.25, 0.3) is 10.8 Å². The zero-order valence-electron chi connectivity index (χ0n) is 18.6. The van der Waals surface area contributed by atoms with E-state index in [4.69, 9.17) is 14.2 Å². The summed E-state index contributed by atoms with van der Waals surface area (Å²) >= 11 is 0. The Morgan fingerprint density at radius 2 is 1.63 bits per heavy atom. The minimum absolute atomic E-state index is 0.0684. The Balaban J connectivity index is 1.99. The molecule has 2 atom stereocenters. The topological polar surface area (TPSA) is 61.8 Å². The molecule has 30 heavy (non-hydrogen) atoms. The molecule has 0 aromatic heterocycles. The molecule has 164 valence electrons. The van der Waals surface area contributed by atoms with Crippen LogP contribution >= 0.6 is 0 Å². The van der Waals surface area contributed by atoms with Crippen LogP contribution < -0.4 is 4.74 Å². The molecular weight excluding hydrogens is 380 g/mol. The summed E-state index contributed by atoms with van der Waals surface area (Å²) in [6.45, 7) is 6.16. The minimum atomic E-state index is -0.417. The van der Waals surface area contributed by atoms with Crippen LogP contribution in [0.15, 0.2) is 36.4 Å². The molecule has 2 aromatic carbocycles. The minimum Gasteiger partial charge on any atom is -0.497 e. The van der Waals surface area contributed by atoms with Crippen LogP contribution in [-0.2, 0) is 19.1 Å². The predicted molar refractivity (Wildman–Crippen MR) is 119 cm³/mol. The van der Waals surface area contributed by atoms with Gasteiger partial charge < -0.3 is 14.2 Å². The summed E-state index contributed by atoms with van der Waals surface area (Å²) in [6, 6.07) is 11.7. The van der Waals surface area contributed by atoms with Crippen LogP contribution in [0.4, 0.5) is 0 Å². The summed E-state index contributed by atoms with van der Waals surface area (Å²) in [5.74, 6) is -0.632. The third-order valence-corrected chi connectivity index (χ3v) is 5.38. The van der Waals surface area contributed by atoms with E-state index >= 15 is 0 Å². The van der Waals surface area contributed by atoms with Gasteiger partial charge in [-0.1, -0.05) is 56.9 Å². The van der Waals surface area contributed by atoms with E-state index < -0.39 is 11.8 Å². The highest BCUT2D eigenvalue weighted by atomic mass is 16.5. The number of hydrogen-bond acceptors (Lipinski definition) is 5. The fourth-order valence-electron chi connectivity index (χ4n) is 3.43. The van der Waals surface area contributed by atoms with Gasteiger partial charge in [-0.3, -0.25) is 9.59 Å². The zero-order valence-corrected chi connectivity index (χ0v) is 18.6. The molecule has 2 rings (SSSR count). The molecule has 0 aliphatic heterocycles. The monoisotopic (exact) mass is 414 g/mol. The van der Waals surface area contributed by atoms with Crippen LogP contribution in [0.5, 0.6) is 5.75 Å². The second-order valence-electron chi connectivity index (χ2n) is 7.62. The largest absolute Gasteiger partial charge is 0.497 e. The first-order valence-corrected chi connectivity index (χ1v) is 10.9. The van der Waals surface area contributed by atoms with E-state index in [0.29, 0.717) is 13.0 Å². The van der Waals surface area contributed by atoms with E-state index in [1.54, 1.807) is 14.0 Å². The van der Waals surface area contributed by atoms with Crippen LogP contribution in [0, 0.1) is 5.92 Å². The van der Waals surface area contributed by atoms with Crippen molar-refractivity contribution in [2.45, 2.75) is 58.8 Å². The maximum atomic E-state index is 12.6. The Labute approximate surface area is 179 Å². The molecule has 0 bridgehead atoms. The van der Waals surface area contributed by atoms with Crippen molar-refractivity contribution in [2.75, 3.05) is 20.3 Å². The van der Waals surface area contributed by atoms with Gasteiger partial charge in [-0.25, -0.2) is 0 Å². The van der Waals surface area contributed by atoms with Crippen LogP contribution in [0.1, 0.15) is 64.4 Å². The van der Waals surface area contributed by atoms with Crippen molar-refractivity contribution in [2.24, 2.45) is 5.92 Å². The van der Waals surface area contributed by atoms with Gasteiger partial charge in [0.25, 0.3) is 0 Å². The highest BCUT2D eigenvalue weighted by molar-refractivity contribution is 5.87. The lowest BCUT2D eigenvalue weighted by Gasteiger charge is -2.18. The fourth-order valence-corrected chi connectivity index (χ4v) is 3.43. The average molecular weight is 415 g/mol. The molecule has 0 aliphatic rings. The quantitative estimate of drug-likeness (QED) is 0.332. The number of ether oxygens (including phenoxy) is 3. The number of unbranched alkanes of at least 4 members (excludes halogenated alkanes) is 3. The number of esters is 2. The molecule has 1 unspecified atom stereocenters. The molecule has 0 radical (unpaired) electrons. The Bertz CT molecular complexity index is 829. The summed E-state index contributed by atoms with van der Waals surface area (Å²) in [5, 5.41) is 2.08. The van der Waals surface area contributed by atoms with E-state index in [0.717, 1.165) is 47.8 Å². The molecule has 5 heteroatoms. The second kappa shape index (κ2) is 12.2. The van der Waals surface area contributed by atoms with Gasteiger partial charge in [0.05, 0.1) is 25.6 Å². The summed E-state index contributed by atoms with van der Waals surface area (Å²) < 4.78 is 16.0. The van der Waals surface area contributed by atoms with Gasteiger partial charge in [-0.15, -0.1) is 0 Å². The summed E-state index contributed by atoms with van der Waals surface area (Å²) in [4.78, 5) is 24.9. The highest BCUT2D eigenvalue weighted by Gasteiger charge is 2.24. The Hall–Kier alpha value is -2.56. The van der Waals surface area contributed by atoms with Crippen LogP contribution in [-0.4, -0.2) is 32.3 Å². The Morgan fingerprint density at radius 1 is 0.900 bits per heavy atom. The first kappa shape index (κ1) is 23.7. The van der Waals surface area contributed by atoms with E-state index in [-0.39, 0.29) is 18.5 Å². The van der Waals surface area contributed by atoms with Crippen LogP contribution in [0.3, 0.4) is 0 Å². The number of methoxy groups -OCH3 is 1. The number of hydrogen-bond donors (Lipinski definition) is 0. The number of benzene rings is 2. The highest BCUT2D eigenvalue weighted by Crippen LogP contribution is 2.26. The number of carbonyl (C=O) groups is 2. The van der Waals surface area contributed by atoms with E-state index in [1.165, 1.54) is 0 Å². The fraction of sp³-hybridized carbons (Fsp3) is 0.520. The lowest BCUT2D eigenvalue weighted by atomic mass is 9.97. The SMILES string of the molecule is CCCCCCC(COC(=O)[C@@H](C)c1ccc2cc(OC)ccc2c1)C(=O)OCC. The smallest absolute Gasteiger partial charge is 0.313 e. The van der Waals surface area contributed by atoms with Gasteiger partial charge in [0.2, 0.25) is 0 Å². The van der Waals surface area contributed by atoms with Crippen LogP contribution in [0.2, 0.25) is 0 Å². The van der Waals surface area contributed by atoms with E-state index in [9.17, 15) is 9.59 Å². The normalized spacial score (nSPS) is 12.9. The van der Waals surface area contributed by atoms with E-state index in [1.807, 2.05) is 43.3 Å². The van der Waals surface area contributed by atoms with Crippen molar-refractivity contribution in [1.82, 2.24) is 0 Å². The first-order valence-electron chi connectivity index (χ1n) is 10.9. The van der Waals surface area contributed by atoms with Crippen molar-refractivity contribution in [3.63, 3.8) is 0 Å². The molecule has 5 nitrogen and oxygen atoms in total. The lowest BCUT2D eigenvalue weighted by molar-refractivity contribution is -0.155. The molecule has 0 heterocycles. The molecule has 0 spiro atoms. The third-order valence-electron chi connectivity index (χ3n) is 5.38. The van der Waals surface area contributed by atoms with Gasteiger partial charge in [0.1, 0.15) is 12.4 Å². The summed E-state index contributed by atoms with van der Waals surface area (Å²) in [5.41, 5.74) is 0.883. The van der Waals surface area contributed by atoms with Gasteiger partial charge in [-0.05, 0) is 48.7 Å². The average Bonchev–Trinajstić information content (AvgIpc) is 2.77.